The smallest absolute Gasteiger partial charge is 0.0467 e. The minimum Gasteiger partial charge on any atom is -0.369 e. The fraction of sp³-hybridized carbons (Fsp3) is 0.600. The van der Waals surface area contributed by atoms with E-state index in [1.807, 2.05) is 0 Å². The Morgan fingerprint density at radius 2 is 2.11 bits per heavy atom. The van der Waals surface area contributed by atoms with E-state index in [0.717, 1.165) is 29.5 Å². The summed E-state index contributed by atoms with van der Waals surface area (Å²) >= 11 is 9.79. The Morgan fingerprint density at radius 3 is 2.89 bits per heavy atom. The van der Waals surface area contributed by atoms with Crippen LogP contribution in [0.5, 0.6) is 0 Å². The summed E-state index contributed by atoms with van der Waals surface area (Å²) < 4.78 is 0. The van der Waals surface area contributed by atoms with E-state index in [-0.39, 0.29) is 0 Å². The number of benzene rings is 1. The topological polar surface area (TPSA) is 6.48 Å². The molecule has 1 aromatic carbocycles. The molecule has 0 amide bonds. The predicted octanol–water partition coefficient (Wildman–Crippen LogP) is 3.91. The number of fused-ring (bicyclic) bond motifs is 1. The number of hydrogen-bond acceptors (Lipinski definition) is 2. The molecule has 2 heterocycles. The minimum atomic E-state index is 0.747. The lowest BCUT2D eigenvalue weighted by molar-refractivity contribution is 0.133. The van der Waals surface area contributed by atoms with Crippen molar-refractivity contribution in [2.45, 2.75) is 30.6 Å². The van der Waals surface area contributed by atoms with Gasteiger partial charge in [-0.2, -0.15) is 0 Å². The average Bonchev–Trinajstić information content (AvgIpc) is 2.46. The number of nitrogens with zero attached hydrogens (tertiary/aromatic N) is 2. The zero-order valence-corrected chi connectivity index (χ0v) is 13.5. The molecule has 2 fully saturated rings. The lowest BCUT2D eigenvalue weighted by Crippen LogP contribution is -2.54. The highest BCUT2D eigenvalue weighted by atomic mass is 79.9. The first-order chi connectivity index (χ1) is 9.28. The van der Waals surface area contributed by atoms with Gasteiger partial charge in [-0.3, -0.25) is 4.90 Å². The van der Waals surface area contributed by atoms with E-state index in [1.165, 1.54) is 43.6 Å². The van der Waals surface area contributed by atoms with Gasteiger partial charge in [0, 0.05) is 41.7 Å². The Hall–Kier alpha value is -0.250. The molecule has 0 spiro atoms. The van der Waals surface area contributed by atoms with Gasteiger partial charge in [-0.05, 0) is 37.1 Å². The first-order valence-electron chi connectivity index (χ1n) is 7.11. The summed E-state index contributed by atoms with van der Waals surface area (Å²) in [5.41, 5.74) is 2.45. The fourth-order valence-electron chi connectivity index (χ4n) is 3.23. The maximum Gasteiger partial charge on any atom is 0.0467 e. The molecule has 1 unspecified atom stereocenters. The van der Waals surface area contributed by atoms with Crippen molar-refractivity contribution < 1.29 is 0 Å². The molecule has 0 bridgehead atoms. The third-order valence-electron chi connectivity index (χ3n) is 4.38. The van der Waals surface area contributed by atoms with Gasteiger partial charge in [-0.15, -0.1) is 0 Å². The Bertz CT molecular complexity index is 452. The van der Waals surface area contributed by atoms with Crippen molar-refractivity contribution >= 4 is 33.2 Å². The molecule has 0 radical (unpaired) electrons. The second kappa shape index (κ2) is 6.02. The summed E-state index contributed by atoms with van der Waals surface area (Å²) in [5.74, 6) is 0. The van der Waals surface area contributed by atoms with E-state index in [1.54, 1.807) is 0 Å². The largest absolute Gasteiger partial charge is 0.369 e. The van der Waals surface area contributed by atoms with Crippen molar-refractivity contribution in [2.75, 3.05) is 31.1 Å². The van der Waals surface area contributed by atoms with Gasteiger partial charge >= 0.3 is 0 Å². The van der Waals surface area contributed by atoms with Crippen LogP contribution in [0, 0.1) is 0 Å². The summed E-state index contributed by atoms with van der Waals surface area (Å²) in [4.78, 5) is 5.16. The molecule has 19 heavy (non-hydrogen) atoms. The number of anilines is 1. The van der Waals surface area contributed by atoms with Crippen LogP contribution in [-0.2, 0) is 5.33 Å². The first-order valence-corrected chi connectivity index (χ1v) is 8.61. The summed E-state index contributed by atoms with van der Waals surface area (Å²) in [6.07, 6.45) is 4.12. The maximum atomic E-state index is 6.32. The van der Waals surface area contributed by atoms with Gasteiger partial charge in [0.15, 0.2) is 0 Å². The molecule has 2 nitrogen and oxygen atoms in total. The first kappa shape index (κ1) is 13.7. The van der Waals surface area contributed by atoms with Crippen molar-refractivity contribution in [1.29, 1.82) is 0 Å². The molecule has 0 N–H and O–H groups in total. The van der Waals surface area contributed by atoms with Crippen LogP contribution in [0.25, 0.3) is 0 Å². The molecule has 4 heteroatoms. The molecular weight excluding hydrogens is 324 g/mol. The van der Waals surface area contributed by atoms with Crippen LogP contribution in [0.2, 0.25) is 5.02 Å². The van der Waals surface area contributed by atoms with Crippen LogP contribution < -0.4 is 4.90 Å². The highest BCUT2D eigenvalue weighted by Crippen LogP contribution is 2.28. The van der Waals surface area contributed by atoms with Gasteiger partial charge in [-0.25, -0.2) is 0 Å². The molecule has 1 atom stereocenters. The SMILES string of the molecule is Clc1cc(N2CCN3CCCCC3C2)ccc1CBr. The van der Waals surface area contributed by atoms with E-state index in [0.29, 0.717) is 0 Å². The van der Waals surface area contributed by atoms with E-state index < -0.39 is 0 Å². The van der Waals surface area contributed by atoms with E-state index in [9.17, 15) is 0 Å². The van der Waals surface area contributed by atoms with Gasteiger partial charge in [0.25, 0.3) is 0 Å². The molecule has 2 saturated heterocycles. The fourth-order valence-corrected chi connectivity index (χ4v) is 4.12. The normalized spacial score (nSPS) is 24.3. The van der Waals surface area contributed by atoms with Crippen molar-refractivity contribution in [3.05, 3.63) is 28.8 Å². The maximum absolute atomic E-state index is 6.32. The van der Waals surface area contributed by atoms with Crippen molar-refractivity contribution in [3.63, 3.8) is 0 Å². The molecule has 0 aromatic heterocycles. The van der Waals surface area contributed by atoms with Crippen LogP contribution >= 0.6 is 27.5 Å². The number of piperazine rings is 1. The zero-order chi connectivity index (χ0) is 13.2. The van der Waals surface area contributed by atoms with Crippen LogP contribution in [0.4, 0.5) is 5.69 Å². The van der Waals surface area contributed by atoms with Crippen LogP contribution in [-0.4, -0.2) is 37.1 Å². The third-order valence-corrected chi connectivity index (χ3v) is 5.34. The highest BCUT2D eigenvalue weighted by Gasteiger charge is 2.28. The second-order valence-corrected chi connectivity index (χ2v) is 6.51. The summed E-state index contributed by atoms with van der Waals surface area (Å²) in [6, 6.07) is 7.22. The Kier molecular flexibility index (Phi) is 4.35. The molecule has 3 rings (SSSR count). The number of hydrogen-bond donors (Lipinski definition) is 0. The van der Waals surface area contributed by atoms with Crippen molar-refractivity contribution in [3.8, 4) is 0 Å². The van der Waals surface area contributed by atoms with Gasteiger partial charge in [-0.1, -0.05) is 40.0 Å². The Morgan fingerprint density at radius 1 is 1.21 bits per heavy atom. The molecule has 2 aliphatic heterocycles. The van der Waals surface area contributed by atoms with Crippen LogP contribution in [0.1, 0.15) is 24.8 Å². The summed E-state index contributed by atoms with van der Waals surface area (Å²) in [7, 11) is 0. The number of alkyl halides is 1. The summed E-state index contributed by atoms with van der Waals surface area (Å²) in [5, 5.41) is 1.70. The van der Waals surface area contributed by atoms with E-state index in [4.69, 9.17) is 11.6 Å². The molecule has 104 valence electrons. The van der Waals surface area contributed by atoms with Crippen molar-refractivity contribution in [2.24, 2.45) is 0 Å². The molecule has 0 saturated carbocycles. The molecular formula is C15H20BrClN2. The predicted molar refractivity (Wildman–Crippen MR) is 85.5 cm³/mol. The Labute approximate surface area is 128 Å². The second-order valence-electron chi connectivity index (χ2n) is 5.54. The third kappa shape index (κ3) is 2.93. The van der Waals surface area contributed by atoms with E-state index in [2.05, 4.69) is 43.9 Å². The van der Waals surface area contributed by atoms with Gasteiger partial charge in [0.2, 0.25) is 0 Å². The van der Waals surface area contributed by atoms with Crippen LogP contribution in [0.15, 0.2) is 18.2 Å². The molecule has 0 aliphatic carbocycles. The quantitative estimate of drug-likeness (QED) is 0.751. The standard InChI is InChI=1S/C15H20BrClN2/c16-10-12-4-5-13(9-15(12)17)19-8-7-18-6-2-1-3-14(18)11-19/h4-5,9,14H,1-3,6-8,10-11H2. The van der Waals surface area contributed by atoms with Gasteiger partial charge < -0.3 is 4.90 Å². The average molecular weight is 344 g/mol. The minimum absolute atomic E-state index is 0.747. The molecule has 2 aliphatic rings. The zero-order valence-electron chi connectivity index (χ0n) is 11.1. The van der Waals surface area contributed by atoms with E-state index >= 15 is 0 Å². The van der Waals surface area contributed by atoms with Crippen LogP contribution in [0.3, 0.4) is 0 Å². The monoisotopic (exact) mass is 342 g/mol. The summed E-state index contributed by atoms with van der Waals surface area (Å²) in [6.45, 7) is 4.77. The van der Waals surface area contributed by atoms with Gasteiger partial charge in [0.05, 0.1) is 0 Å². The number of piperidine rings is 1. The molecule has 1 aromatic rings. The Balaban J connectivity index is 1.74. The number of halogens is 2. The van der Waals surface area contributed by atoms with Crippen molar-refractivity contribution in [1.82, 2.24) is 4.90 Å². The lowest BCUT2D eigenvalue weighted by Gasteiger charge is -2.45. The van der Waals surface area contributed by atoms with Gasteiger partial charge in [0.1, 0.15) is 0 Å². The lowest BCUT2D eigenvalue weighted by atomic mass is 9.99. The number of rotatable bonds is 2. The highest BCUT2D eigenvalue weighted by molar-refractivity contribution is 9.08.